The molecule has 0 amide bonds. The van der Waals surface area contributed by atoms with Gasteiger partial charge in [-0.25, -0.2) is 9.78 Å². The van der Waals surface area contributed by atoms with Gasteiger partial charge >= 0.3 is 5.97 Å². The fourth-order valence-corrected chi connectivity index (χ4v) is 1.81. The first-order valence-electron chi connectivity index (χ1n) is 5.10. The highest BCUT2D eigenvalue weighted by atomic mass is 35.5. The Bertz CT molecular complexity index is 554. The minimum atomic E-state index is -0.931. The summed E-state index contributed by atoms with van der Waals surface area (Å²) in [6, 6.07) is 4.90. The fraction of sp³-hybridized carbons (Fsp3) is 0.273. The van der Waals surface area contributed by atoms with Gasteiger partial charge in [-0.2, -0.15) is 0 Å². The van der Waals surface area contributed by atoms with Crippen LogP contribution in [0.3, 0.4) is 0 Å². The van der Waals surface area contributed by atoms with Crippen molar-refractivity contribution in [3.05, 3.63) is 29.6 Å². The van der Waals surface area contributed by atoms with Crippen molar-refractivity contribution >= 4 is 41.8 Å². The van der Waals surface area contributed by atoms with Crippen LogP contribution in [0.5, 0.6) is 0 Å². The number of aromatic nitrogens is 2. The van der Waals surface area contributed by atoms with Crippen LogP contribution in [0.1, 0.15) is 23.1 Å². The summed E-state index contributed by atoms with van der Waals surface area (Å²) in [5, 5.41) is 8.92. The average molecular weight is 292 g/mol. The van der Waals surface area contributed by atoms with E-state index in [2.05, 4.69) is 4.98 Å². The maximum atomic E-state index is 10.9. The predicted molar refractivity (Wildman–Crippen MR) is 74.8 cm³/mol. The van der Waals surface area contributed by atoms with Crippen LogP contribution in [0.15, 0.2) is 18.2 Å². The highest BCUT2D eigenvalue weighted by Gasteiger charge is 2.10. The van der Waals surface area contributed by atoms with E-state index in [1.807, 2.05) is 11.5 Å². The zero-order chi connectivity index (χ0) is 11.7. The van der Waals surface area contributed by atoms with Crippen molar-refractivity contribution in [1.29, 1.82) is 0 Å². The first kappa shape index (κ1) is 16.7. The largest absolute Gasteiger partial charge is 0.478 e. The van der Waals surface area contributed by atoms with Gasteiger partial charge in [-0.05, 0) is 25.1 Å². The Morgan fingerprint density at radius 2 is 2.11 bits per heavy atom. The standard InChI is InChI=1S/C11H13N3O2.2ClH/c1-2-14-9-5-7(11(15)16)3-4-8(9)13-10(14)6-12;;/h3-5H,2,6,12H2,1H3,(H,15,16);2*1H. The van der Waals surface area contributed by atoms with Crippen molar-refractivity contribution in [2.24, 2.45) is 5.73 Å². The van der Waals surface area contributed by atoms with E-state index in [0.717, 1.165) is 23.4 Å². The van der Waals surface area contributed by atoms with Crippen LogP contribution in [0, 0.1) is 0 Å². The number of nitrogens with zero attached hydrogens (tertiary/aromatic N) is 2. The van der Waals surface area contributed by atoms with Crippen molar-refractivity contribution in [2.75, 3.05) is 0 Å². The van der Waals surface area contributed by atoms with E-state index < -0.39 is 5.97 Å². The summed E-state index contributed by atoms with van der Waals surface area (Å²) in [5.74, 6) is -0.153. The zero-order valence-electron chi connectivity index (χ0n) is 9.79. The molecule has 0 aliphatic heterocycles. The number of hydrogen-bond donors (Lipinski definition) is 2. The first-order valence-corrected chi connectivity index (χ1v) is 5.10. The van der Waals surface area contributed by atoms with Gasteiger partial charge in [-0.3, -0.25) is 0 Å². The SMILES string of the molecule is CCn1c(CN)nc2ccc(C(=O)O)cc21.Cl.Cl. The molecule has 1 heterocycles. The number of fused-ring (bicyclic) bond motifs is 1. The topological polar surface area (TPSA) is 81.1 Å². The number of carbonyl (C=O) groups is 1. The molecule has 100 valence electrons. The second-order valence-electron chi connectivity index (χ2n) is 3.49. The zero-order valence-corrected chi connectivity index (χ0v) is 11.4. The highest BCUT2D eigenvalue weighted by molar-refractivity contribution is 5.92. The third-order valence-electron chi connectivity index (χ3n) is 2.57. The lowest BCUT2D eigenvalue weighted by Gasteiger charge is -2.03. The second kappa shape index (κ2) is 6.58. The van der Waals surface area contributed by atoms with E-state index in [-0.39, 0.29) is 30.4 Å². The number of benzene rings is 1. The van der Waals surface area contributed by atoms with E-state index in [1.165, 1.54) is 0 Å². The molecule has 0 unspecified atom stereocenters. The number of carboxylic acids is 1. The van der Waals surface area contributed by atoms with Crippen molar-refractivity contribution in [1.82, 2.24) is 9.55 Å². The molecule has 2 aromatic rings. The number of hydrogen-bond acceptors (Lipinski definition) is 3. The van der Waals surface area contributed by atoms with Crippen molar-refractivity contribution in [3.63, 3.8) is 0 Å². The Labute approximate surface area is 117 Å². The number of rotatable bonds is 3. The fourth-order valence-electron chi connectivity index (χ4n) is 1.81. The van der Waals surface area contributed by atoms with Gasteiger partial charge in [0.15, 0.2) is 0 Å². The lowest BCUT2D eigenvalue weighted by molar-refractivity contribution is 0.0697. The lowest BCUT2D eigenvalue weighted by atomic mass is 10.2. The van der Waals surface area contributed by atoms with Gasteiger partial charge in [0.05, 0.1) is 23.1 Å². The highest BCUT2D eigenvalue weighted by Crippen LogP contribution is 2.18. The van der Waals surface area contributed by atoms with E-state index in [4.69, 9.17) is 10.8 Å². The molecule has 1 aromatic carbocycles. The molecule has 0 bridgehead atoms. The van der Waals surface area contributed by atoms with E-state index in [0.29, 0.717) is 6.54 Å². The average Bonchev–Trinajstić information content (AvgIpc) is 2.65. The maximum Gasteiger partial charge on any atom is 0.335 e. The third-order valence-corrected chi connectivity index (χ3v) is 2.57. The molecule has 0 spiro atoms. The summed E-state index contributed by atoms with van der Waals surface area (Å²) in [6.07, 6.45) is 0. The van der Waals surface area contributed by atoms with E-state index in [1.54, 1.807) is 18.2 Å². The number of aromatic carboxylic acids is 1. The van der Waals surface area contributed by atoms with Crippen LogP contribution in [0.25, 0.3) is 11.0 Å². The van der Waals surface area contributed by atoms with Crippen LogP contribution < -0.4 is 5.73 Å². The Kier molecular flexibility index (Phi) is 6.11. The van der Waals surface area contributed by atoms with Gasteiger partial charge in [0, 0.05) is 6.54 Å². The molecule has 0 saturated heterocycles. The predicted octanol–water partition coefficient (Wildman–Crippen LogP) is 2.06. The lowest BCUT2D eigenvalue weighted by Crippen LogP contribution is -2.07. The first-order chi connectivity index (χ1) is 7.67. The number of aryl methyl sites for hydroxylation is 1. The number of halogens is 2. The van der Waals surface area contributed by atoms with Crippen LogP contribution >= 0.6 is 24.8 Å². The Morgan fingerprint density at radius 1 is 1.44 bits per heavy atom. The molecule has 0 saturated carbocycles. The molecule has 18 heavy (non-hydrogen) atoms. The minimum Gasteiger partial charge on any atom is -0.478 e. The van der Waals surface area contributed by atoms with E-state index >= 15 is 0 Å². The van der Waals surface area contributed by atoms with Crippen molar-refractivity contribution in [2.45, 2.75) is 20.0 Å². The molecule has 0 atom stereocenters. The number of nitrogens with two attached hydrogens (primary N) is 1. The van der Waals surface area contributed by atoms with Crippen LogP contribution in [0.2, 0.25) is 0 Å². The van der Waals surface area contributed by atoms with Crippen molar-refractivity contribution < 1.29 is 9.90 Å². The van der Waals surface area contributed by atoms with Crippen LogP contribution in [-0.2, 0) is 13.1 Å². The summed E-state index contributed by atoms with van der Waals surface area (Å²) in [6.45, 7) is 3.06. The molecule has 1 aromatic heterocycles. The Balaban J connectivity index is 0.00000144. The second-order valence-corrected chi connectivity index (χ2v) is 3.49. The van der Waals surface area contributed by atoms with Crippen LogP contribution in [-0.4, -0.2) is 20.6 Å². The number of imidazole rings is 1. The van der Waals surface area contributed by atoms with Gasteiger partial charge in [0.25, 0.3) is 0 Å². The maximum absolute atomic E-state index is 10.9. The number of carboxylic acid groups (broad SMARTS) is 1. The van der Waals surface area contributed by atoms with Gasteiger partial charge in [-0.15, -0.1) is 24.8 Å². The summed E-state index contributed by atoms with van der Waals surface area (Å²) < 4.78 is 1.93. The molecule has 7 heteroatoms. The minimum absolute atomic E-state index is 0. The summed E-state index contributed by atoms with van der Waals surface area (Å²) in [5.41, 5.74) is 7.46. The van der Waals surface area contributed by atoms with Gasteiger partial charge in [-0.1, -0.05) is 0 Å². The van der Waals surface area contributed by atoms with Gasteiger partial charge in [0.2, 0.25) is 0 Å². The molecule has 0 radical (unpaired) electrons. The third kappa shape index (κ3) is 2.75. The van der Waals surface area contributed by atoms with E-state index in [9.17, 15) is 4.79 Å². The quantitative estimate of drug-likeness (QED) is 0.907. The molecule has 0 fully saturated rings. The summed E-state index contributed by atoms with van der Waals surface area (Å²) in [4.78, 5) is 15.2. The van der Waals surface area contributed by atoms with Gasteiger partial charge < -0.3 is 15.4 Å². The molecule has 5 nitrogen and oxygen atoms in total. The van der Waals surface area contributed by atoms with Gasteiger partial charge in [0.1, 0.15) is 5.82 Å². The summed E-state index contributed by atoms with van der Waals surface area (Å²) in [7, 11) is 0. The monoisotopic (exact) mass is 291 g/mol. The Morgan fingerprint density at radius 3 is 2.61 bits per heavy atom. The smallest absolute Gasteiger partial charge is 0.335 e. The molecular weight excluding hydrogens is 277 g/mol. The van der Waals surface area contributed by atoms with Crippen molar-refractivity contribution in [3.8, 4) is 0 Å². The molecule has 3 N–H and O–H groups in total. The Hall–Kier alpha value is -1.30. The normalized spacial score (nSPS) is 9.67. The molecule has 0 aliphatic carbocycles. The van der Waals surface area contributed by atoms with Crippen LogP contribution in [0.4, 0.5) is 0 Å². The molecule has 2 rings (SSSR count). The molecular formula is C11H15Cl2N3O2. The summed E-state index contributed by atoms with van der Waals surface area (Å²) >= 11 is 0. The molecule has 0 aliphatic rings.